The first-order valence-corrected chi connectivity index (χ1v) is 9.22. The van der Waals surface area contributed by atoms with Crippen molar-refractivity contribution in [2.45, 2.75) is 13.0 Å². The Hall–Kier alpha value is -3.77. The zero-order valence-corrected chi connectivity index (χ0v) is 17.2. The Balaban J connectivity index is 1.77. The van der Waals surface area contributed by atoms with Gasteiger partial charge in [-0.3, -0.25) is 4.98 Å². The SMILES string of the molecule is COC(C)c1c(NC(=O)Nc2cnc(-n3nccn3)c(Cl)c2)cncc1OCC(=O)O. The highest BCUT2D eigenvalue weighted by Gasteiger charge is 2.20. The van der Waals surface area contributed by atoms with Crippen molar-refractivity contribution in [1.29, 1.82) is 0 Å². The smallest absolute Gasteiger partial charge is 0.341 e. The van der Waals surface area contributed by atoms with Crippen LogP contribution in [0, 0.1) is 0 Å². The lowest BCUT2D eigenvalue weighted by atomic mass is 10.1. The third-order valence-corrected chi connectivity index (χ3v) is 4.28. The molecule has 0 aliphatic heterocycles. The van der Waals surface area contributed by atoms with Crippen LogP contribution >= 0.6 is 11.6 Å². The molecule has 0 bridgehead atoms. The number of halogens is 1. The number of hydrogen-bond donors (Lipinski definition) is 3. The Kier molecular flexibility index (Phi) is 6.95. The summed E-state index contributed by atoms with van der Waals surface area (Å²) in [5.74, 6) is -0.665. The van der Waals surface area contributed by atoms with Crippen molar-refractivity contribution >= 4 is 35.0 Å². The van der Waals surface area contributed by atoms with E-state index in [1.54, 1.807) is 6.92 Å². The number of pyridine rings is 2. The van der Waals surface area contributed by atoms with Crippen molar-refractivity contribution in [2.24, 2.45) is 0 Å². The predicted octanol–water partition coefficient (Wildman–Crippen LogP) is 2.53. The summed E-state index contributed by atoms with van der Waals surface area (Å²) in [6, 6.07) is 0.889. The Morgan fingerprint density at radius 1 is 1.23 bits per heavy atom. The van der Waals surface area contributed by atoms with Gasteiger partial charge in [-0.1, -0.05) is 11.6 Å². The molecule has 3 aromatic rings. The number of methoxy groups -OCH3 is 1. The fourth-order valence-electron chi connectivity index (χ4n) is 2.60. The van der Waals surface area contributed by atoms with Gasteiger partial charge in [-0.2, -0.15) is 10.2 Å². The van der Waals surface area contributed by atoms with Gasteiger partial charge in [-0.05, 0) is 13.0 Å². The summed E-state index contributed by atoms with van der Waals surface area (Å²) >= 11 is 6.21. The second-order valence-electron chi connectivity index (χ2n) is 6.09. The van der Waals surface area contributed by atoms with E-state index in [4.69, 9.17) is 26.2 Å². The van der Waals surface area contributed by atoms with Crippen LogP contribution in [0.4, 0.5) is 16.2 Å². The van der Waals surface area contributed by atoms with Crippen LogP contribution in [0.1, 0.15) is 18.6 Å². The van der Waals surface area contributed by atoms with Crippen LogP contribution in [-0.2, 0) is 9.53 Å². The summed E-state index contributed by atoms with van der Waals surface area (Å²) < 4.78 is 10.6. The topological polar surface area (TPSA) is 153 Å². The Bertz CT molecular complexity index is 1080. The third-order valence-electron chi connectivity index (χ3n) is 4.00. The summed E-state index contributed by atoms with van der Waals surface area (Å²) in [5, 5.41) is 22.2. The van der Waals surface area contributed by atoms with Gasteiger partial charge in [0.05, 0.1) is 53.5 Å². The lowest BCUT2D eigenvalue weighted by Gasteiger charge is -2.19. The van der Waals surface area contributed by atoms with Crippen LogP contribution in [-0.4, -0.2) is 55.8 Å². The second kappa shape index (κ2) is 9.82. The van der Waals surface area contributed by atoms with E-state index in [2.05, 4.69) is 30.8 Å². The molecule has 3 rings (SSSR count). The molecule has 12 nitrogen and oxygen atoms in total. The molecule has 3 N–H and O–H groups in total. The molecule has 13 heteroatoms. The molecule has 1 atom stereocenters. The van der Waals surface area contributed by atoms with Crippen molar-refractivity contribution in [3.63, 3.8) is 0 Å². The van der Waals surface area contributed by atoms with E-state index in [1.165, 1.54) is 49.0 Å². The number of anilines is 2. The summed E-state index contributed by atoms with van der Waals surface area (Å²) in [4.78, 5) is 32.7. The van der Waals surface area contributed by atoms with Crippen molar-refractivity contribution < 1.29 is 24.2 Å². The van der Waals surface area contributed by atoms with E-state index in [9.17, 15) is 9.59 Å². The maximum absolute atomic E-state index is 12.5. The lowest BCUT2D eigenvalue weighted by Crippen LogP contribution is -2.22. The van der Waals surface area contributed by atoms with E-state index in [0.717, 1.165) is 0 Å². The van der Waals surface area contributed by atoms with Crippen LogP contribution in [0.25, 0.3) is 5.82 Å². The van der Waals surface area contributed by atoms with Gasteiger partial charge >= 0.3 is 12.0 Å². The second-order valence-corrected chi connectivity index (χ2v) is 6.49. The van der Waals surface area contributed by atoms with Gasteiger partial charge in [0.15, 0.2) is 12.4 Å². The number of nitrogens with zero attached hydrogens (tertiary/aromatic N) is 5. The molecule has 3 heterocycles. The number of hydrogen-bond acceptors (Lipinski definition) is 8. The summed E-state index contributed by atoms with van der Waals surface area (Å²) in [5.41, 5.74) is 1.04. The number of carbonyl (C=O) groups excluding carboxylic acids is 1. The number of carboxylic acids is 1. The van der Waals surface area contributed by atoms with Crippen molar-refractivity contribution in [1.82, 2.24) is 25.0 Å². The molecular weight excluding hydrogens is 430 g/mol. The van der Waals surface area contributed by atoms with Crippen LogP contribution in [0.3, 0.4) is 0 Å². The zero-order chi connectivity index (χ0) is 22.4. The molecule has 0 fully saturated rings. The number of aliphatic carboxylic acids is 1. The number of nitrogens with one attached hydrogen (secondary N) is 2. The first-order valence-electron chi connectivity index (χ1n) is 8.84. The largest absolute Gasteiger partial charge is 0.480 e. The molecule has 0 spiro atoms. The van der Waals surface area contributed by atoms with E-state index in [-0.39, 0.29) is 16.5 Å². The molecule has 0 saturated heterocycles. The van der Waals surface area contributed by atoms with Gasteiger partial charge in [-0.25, -0.2) is 14.6 Å². The number of rotatable bonds is 8. The lowest BCUT2D eigenvalue weighted by molar-refractivity contribution is -0.139. The average molecular weight is 448 g/mol. The fourth-order valence-corrected chi connectivity index (χ4v) is 2.84. The Labute approximate surface area is 181 Å². The highest BCUT2D eigenvalue weighted by Crippen LogP contribution is 2.33. The molecule has 162 valence electrons. The van der Waals surface area contributed by atoms with E-state index in [1.807, 2.05) is 0 Å². The first-order chi connectivity index (χ1) is 14.9. The maximum Gasteiger partial charge on any atom is 0.341 e. The molecule has 0 radical (unpaired) electrons. The van der Waals surface area contributed by atoms with E-state index in [0.29, 0.717) is 17.1 Å². The van der Waals surface area contributed by atoms with Crippen LogP contribution in [0.15, 0.2) is 37.1 Å². The van der Waals surface area contributed by atoms with Gasteiger partial charge in [0.1, 0.15) is 5.75 Å². The average Bonchev–Trinajstić information content (AvgIpc) is 3.26. The van der Waals surface area contributed by atoms with E-state index < -0.39 is 24.7 Å². The number of amides is 2. The molecule has 1 unspecified atom stereocenters. The van der Waals surface area contributed by atoms with Gasteiger partial charge in [0.2, 0.25) is 0 Å². The van der Waals surface area contributed by atoms with Crippen LogP contribution in [0.5, 0.6) is 5.75 Å². The minimum absolute atomic E-state index is 0.176. The minimum Gasteiger partial charge on any atom is -0.480 e. The predicted molar refractivity (Wildman–Crippen MR) is 110 cm³/mol. The molecule has 0 saturated carbocycles. The summed E-state index contributed by atoms with van der Waals surface area (Å²) in [7, 11) is 1.47. The highest BCUT2D eigenvalue weighted by atomic mass is 35.5. The molecule has 0 aliphatic rings. The van der Waals surface area contributed by atoms with Crippen LogP contribution < -0.4 is 15.4 Å². The van der Waals surface area contributed by atoms with E-state index >= 15 is 0 Å². The van der Waals surface area contributed by atoms with Crippen molar-refractivity contribution in [3.8, 4) is 11.6 Å². The first kappa shape index (κ1) is 21.9. The van der Waals surface area contributed by atoms with Crippen molar-refractivity contribution in [3.05, 3.63) is 47.6 Å². The molecule has 31 heavy (non-hydrogen) atoms. The third kappa shape index (κ3) is 5.43. The monoisotopic (exact) mass is 447 g/mol. The molecule has 0 aliphatic carbocycles. The standard InChI is InChI=1S/C18H18ClN7O5/c1-10(30-2)16-13(7-20-8-14(16)31-9-15(27)28)25-18(29)24-11-5-12(19)17(21-6-11)26-22-3-4-23-26/h3-8,10H,9H2,1-2H3,(H,27,28)(H2,24,25,29). The molecular formula is C18H18ClN7O5. The maximum atomic E-state index is 12.5. The number of carbonyl (C=O) groups is 2. The zero-order valence-electron chi connectivity index (χ0n) is 16.4. The fraction of sp³-hybridized carbons (Fsp3) is 0.222. The van der Waals surface area contributed by atoms with Crippen molar-refractivity contribution in [2.75, 3.05) is 24.4 Å². The summed E-state index contributed by atoms with van der Waals surface area (Å²) in [6.07, 6.45) is 6.60. The number of ether oxygens (including phenoxy) is 2. The van der Waals surface area contributed by atoms with Gasteiger partial charge < -0.3 is 25.2 Å². The molecule has 0 aromatic carbocycles. The Morgan fingerprint density at radius 2 is 1.97 bits per heavy atom. The molecule has 2 amide bonds. The summed E-state index contributed by atoms with van der Waals surface area (Å²) in [6.45, 7) is 1.15. The minimum atomic E-state index is -1.15. The number of urea groups is 1. The number of carboxylic acid groups (broad SMARTS) is 1. The number of aromatic nitrogens is 5. The normalized spacial score (nSPS) is 11.6. The quantitative estimate of drug-likeness (QED) is 0.472. The molecule has 3 aromatic heterocycles. The Morgan fingerprint density at radius 3 is 2.61 bits per heavy atom. The highest BCUT2D eigenvalue weighted by molar-refractivity contribution is 6.32. The van der Waals surface area contributed by atoms with Crippen LogP contribution in [0.2, 0.25) is 5.02 Å². The van der Waals surface area contributed by atoms with Gasteiger partial charge in [0, 0.05) is 12.7 Å². The van der Waals surface area contributed by atoms with Gasteiger partial charge in [0.25, 0.3) is 0 Å². The van der Waals surface area contributed by atoms with Gasteiger partial charge in [-0.15, -0.1) is 4.80 Å².